The molecule has 102 valence electrons. The smallest absolute Gasteiger partial charge is 0.134 e. The molecule has 0 bridgehead atoms. The number of rotatable bonds is 6. The van der Waals surface area contributed by atoms with Crippen molar-refractivity contribution in [1.82, 2.24) is 5.32 Å². The number of nitrogens with one attached hydrogen (secondary N) is 1. The zero-order chi connectivity index (χ0) is 13.7. The van der Waals surface area contributed by atoms with Crippen LogP contribution in [-0.2, 0) is 6.54 Å². The maximum atomic E-state index is 5.99. The lowest BCUT2D eigenvalue weighted by Gasteiger charge is -2.02. The summed E-state index contributed by atoms with van der Waals surface area (Å²) in [6, 6.07) is 9.33. The summed E-state index contributed by atoms with van der Waals surface area (Å²) in [5, 5.41) is 4.57. The summed E-state index contributed by atoms with van der Waals surface area (Å²) < 4.78 is 5.78. The molecule has 2 nitrogen and oxygen atoms in total. The van der Waals surface area contributed by atoms with Crippen LogP contribution in [0, 0.1) is 0 Å². The van der Waals surface area contributed by atoms with Gasteiger partial charge in [0.1, 0.15) is 11.5 Å². The van der Waals surface area contributed by atoms with Crippen LogP contribution in [0.15, 0.2) is 34.7 Å². The maximum Gasteiger partial charge on any atom is 0.134 e. The molecule has 0 amide bonds. The Kier molecular flexibility index (Phi) is 5.32. The summed E-state index contributed by atoms with van der Waals surface area (Å²) in [6.07, 6.45) is 2.37. The highest BCUT2D eigenvalue weighted by molar-refractivity contribution is 6.35. The molecular weight excluding hydrogens is 281 g/mol. The molecule has 0 atom stereocenters. The van der Waals surface area contributed by atoms with Crippen LogP contribution in [0.1, 0.15) is 25.5 Å². The molecule has 0 saturated heterocycles. The minimum atomic E-state index is 0.613. The van der Waals surface area contributed by atoms with Gasteiger partial charge in [0.2, 0.25) is 0 Å². The highest BCUT2D eigenvalue weighted by atomic mass is 35.5. The number of hydrogen-bond donors (Lipinski definition) is 1. The van der Waals surface area contributed by atoms with Gasteiger partial charge in [-0.15, -0.1) is 0 Å². The van der Waals surface area contributed by atoms with Crippen LogP contribution in [0.4, 0.5) is 0 Å². The van der Waals surface area contributed by atoms with Crippen molar-refractivity contribution in [3.63, 3.8) is 0 Å². The predicted octanol–water partition coefficient (Wildman–Crippen LogP) is 5.14. The molecule has 4 heteroatoms. The molecule has 0 unspecified atom stereocenters. The highest BCUT2D eigenvalue weighted by Gasteiger charge is 2.06. The summed E-state index contributed by atoms with van der Waals surface area (Å²) in [7, 11) is 0. The standard InChI is InChI=1S/C15H17Cl2NO/c1-2-3-6-18-10-14-4-5-15(19-14)11-7-12(16)9-13(17)8-11/h4-5,7-9,18H,2-3,6,10H2,1H3. The predicted molar refractivity (Wildman–Crippen MR) is 80.8 cm³/mol. The van der Waals surface area contributed by atoms with E-state index in [-0.39, 0.29) is 0 Å². The molecule has 0 fully saturated rings. The Balaban J connectivity index is 2.03. The van der Waals surface area contributed by atoms with Gasteiger partial charge in [-0.1, -0.05) is 36.5 Å². The second-order valence-electron chi connectivity index (χ2n) is 4.45. The molecule has 0 aliphatic rings. The van der Waals surface area contributed by atoms with E-state index in [1.807, 2.05) is 24.3 Å². The highest BCUT2D eigenvalue weighted by Crippen LogP contribution is 2.28. The first-order valence-electron chi connectivity index (χ1n) is 6.45. The average Bonchev–Trinajstić information content (AvgIpc) is 2.82. The fourth-order valence-electron chi connectivity index (χ4n) is 1.84. The van der Waals surface area contributed by atoms with E-state index >= 15 is 0 Å². The summed E-state index contributed by atoms with van der Waals surface area (Å²) >= 11 is 12.0. The molecule has 1 heterocycles. The van der Waals surface area contributed by atoms with Crippen molar-refractivity contribution < 1.29 is 4.42 Å². The van der Waals surface area contributed by atoms with Gasteiger partial charge < -0.3 is 9.73 Å². The lowest BCUT2D eigenvalue weighted by Crippen LogP contribution is -2.13. The number of halogens is 2. The largest absolute Gasteiger partial charge is 0.460 e. The van der Waals surface area contributed by atoms with Gasteiger partial charge in [0.15, 0.2) is 0 Å². The maximum absolute atomic E-state index is 5.99. The van der Waals surface area contributed by atoms with Crippen molar-refractivity contribution in [3.8, 4) is 11.3 Å². The number of hydrogen-bond acceptors (Lipinski definition) is 2. The van der Waals surface area contributed by atoms with Gasteiger partial charge in [0.05, 0.1) is 6.54 Å². The van der Waals surface area contributed by atoms with Gasteiger partial charge in [-0.05, 0) is 43.3 Å². The Morgan fingerprint density at radius 1 is 1.11 bits per heavy atom. The van der Waals surface area contributed by atoms with Crippen molar-refractivity contribution in [2.75, 3.05) is 6.54 Å². The van der Waals surface area contributed by atoms with Crippen LogP contribution in [-0.4, -0.2) is 6.54 Å². The monoisotopic (exact) mass is 297 g/mol. The minimum Gasteiger partial charge on any atom is -0.460 e. The Morgan fingerprint density at radius 3 is 2.53 bits per heavy atom. The zero-order valence-corrected chi connectivity index (χ0v) is 12.4. The fraction of sp³-hybridized carbons (Fsp3) is 0.333. The van der Waals surface area contributed by atoms with Crippen LogP contribution in [0.25, 0.3) is 11.3 Å². The third-order valence-electron chi connectivity index (χ3n) is 2.82. The Hall–Kier alpha value is -0.960. The normalized spacial score (nSPS) is 10.9. The van der Waals surface area contributed by atoms with Crippen molar-refractivity contribution in [2.45, 2.75) is 26.3 Å². The van der Waals surface area contributed by atoms with Crippen molar-refractivity contribution >= 4 is 23.2 Å². The first kappa shape index (κ1) is 14.4. The SMILES string of the molecule is CCCCNCc1ccc(-c2cc(Cl)cc(Cl)c2)o1. The molecule has 1 N–H and O–H groups in total. The Bertz CT molecular complexity index is 516. The number of furan rings is 1. The molecule has 1 aromatic heterocycles. The first-order valence-corrected chi connectivity index (χ1v) is 7.20. The zero-order valence-electron chi connectivity index (χ0n) is 10.9. The fourth-order valence-corrected chi connectivity index (χ4v) is 2.36. The molecule has 1 aromatic carbocycles. The lowest BCUT2D eigenvalue weighted by atomic mass is 10.2. The minimum absolute atomic E-state index is 0.613. The van der Waals surface area contributed by atoms with E-state index in [9.17, 15) is 0 Å². The van der Waals surface area contributed by atoms with E-state index in [2.05, 4.69) is 12.2 Å². The summed E-state index contributed by atoms with van der Waals surface area (Å²) in [5.74, 6) is 1.71. The van der Waals surface area contributed by atoms with Crippen LogP contribution in [0.5, 0.6) is 0 Å². The summed E-state index contributed by atoms with van der Waals surface area (Å²) in [6.45, 7) is 3.93. The third-order valence-corrected chi connectivity index (χ3v) is 3.25. The molecule has 2 aromatic rings. The number of unbranched alkanes of at least 4 members (excludes halogenated alkanes) is 1. The van der Waals surface area contributed by atoms with Gasteiger partial charge >= 0.3 is 0 Å². The Morgan fingerprint density at radius 2 is 1.84 bits per heavy atom. The quantitative estimate of drug-likeness (QED) is 0.747. The molecule has 0 saturated carbocycles. The van der Waals surface area contributed by atoms with Crippen molar-refractivity contribution in [1.29, 1.82) is 0 Å². The van der Waals surface area contributed by atoms with Crippen molar-refractivity contribution in [2.24, 2.45) is 0 Å². The second-order valence-corrected chi connectivity index (χ2v) is 5.33. The van der Waals surface area contributed by atoms with E-state index in [1.54, 1.807) is 6.07 Å². The molecule has 0 aliphatic carbocycles. The van der Waals surface area contributed by atoms with Crippen LogP contribution in [0.3, 0.4) is 0 Å². The summed E-state index contributed by atoms with van der Waals surface area (Å²) in [5.41, 5.74) is 0.900. The van der Waals surface area contributed by atoms with Gasteiger partial charge in [-0.3, -0.25) is 0 Å². The van der Waals surface area contributed by atoms with E-state index in [0.717, 1.165) is 30.2 Å². The molecular formula is C15H17Cl2NO. The van der Waals surface area contributed by atoms with Crippen molar-refractivity contribution in [3.05, 3.63) is 46.1 Å². The molecule has 19 heavy (non-hydrogen) atoms. The lowest BCUT2D eigenvalue weighted by molar-refractivity contribution is 0.490. The molecule has 2 rings (SSSR count). The van der Waals surface area contributed by atoms with E-state index < -0.39 is 0 Å². The van der Waals surface area contributed by atoms with E-state index in [0.29, 0.717) is 10.0 Å². The second kappa shape index (κ2) is 6.99. The molecule has 0 radical (unpaired) electrons. The van der Waals surface area contributed by atoms with Gasteiger partial charge in [-0.2, -0.15) is 0 Å². The first-order chi connectivity index (χ1) is 9.19. The summed E-state index contributed by atoms with van der Waals surface area (Å²) in [4.78, 5) is 0. The van der Waals surface area contributed by atoms with Gasteiger partial charge in [0.25, 0.3) is 0 Å². The Labute approximate surface area is 123 Å². The number of benzene rings is 1. The average molecular weight is 298 g/mol. The topological polar surface area (TPSA) is 25.2 Å². The van der Waals surface area contributed by atoms with Gasteiger partial charge in [-0.25, -0.2) is 0 Å². The third kappa shape index (κ3) is 4.27. The van der Waals surface area contributed by atoms with Crippen LogP contribution < -0.4 is 5.32 Å². The van der Waals surface area contributed by atoms with E-state index in [1.165, 1.54) is 12.8 Å². The van der Waals surface area contributed by atoms with Crippen LogP contribution in [0.2, 0.25) is 10.0 Å². The molecule has 0 aliphatic heterocycles. The molecule has 0 spiro atoms. The van der Waals surface area contributed by atoms with Crippen LogP contribution >= 0.6 is 23.2 Å². The van der Waals surface area contributed by atoms with Gasteiger partial charge in [0, 0.05) is 15.6 Å². The van der Waals surface area contributed by atoms with E-state index in [4.69, 9.17) is 27.6 Å².